The van der Waals surface area contributed by atoms with Gasteiger partial charge in [0.2, 0.25) is 5.91 Å². The van der Waals surface area contributed by atoms with Gasteiger partial charge in [-0.2, -0.15) is 0 Å². The lowest BCUT2D eigenvalue weighted by molar-refractivity contribution is -0.303. The van der Waals surface area contributed by atoms with Crippen LogP contribution in [-0.4, -0.2) is 110 Å². The molecule has 0 aromatic heterocycles. The predicted molar refractivity (Wildman–Crippen MR) is 358 cm³/mol. The molecule has 1 amide bonds. The lowest BCUT2D eigenvalue weighted by Gasteiger charge is -2.40. The summed E-state index contributed by atoms with van der Waals surface area (Å²) in [6.07, 6.45) is 67.3. The number of hydrogen-bond acceptors (Lipinski definition) is 10. The van der Waals surface area contributed by atoms with Gasteiger partial charge in [-0.25, -0.2) is 0 Å². The Hall–Kier alpha value is -1.15. The van der Waals surface area contributed by atoms with Crippen molar-refractivity contribution in [3.63, 3.8) is 0 Å². The number of allylic oxidation sites excluding steroid dienone is 2. The van der Waals surface area contributed by atoms with E-state index in [1.165, 1.54) is 308 Å². The Kier molecular flexibility index (Phi) is 60.7. The molecule has 1 fully saturated rings. The second kappa shape index (κ2) is 63.0. The first-order valence-electron chi connectivity index (χ1n) is 37.6. The van der Waals surface area contributed by atoms with E-state index in [2.05, 4.69) is 31.3 Å². The molecule has 9 atom stereocenters. The molecular weight excluding hydrogens is 1060 g/mol. The minimum absolute atomic E-state index is 0.264. The lowest BCUT2D eigenvalue weighted by atomic mass is 9.98. The molecule has 11 nitrogen and oxygen atoms in total. The minimum atomic E-state index is -1.66. The number of amides is 1. The van der Waals surface area contributed by atoms with Gasteiger partial charge in [-0.1, -0.05) is 360 Å². The van der Waals surface area contributed by atoms with Crippen LogP contribution < -0.4 is 5.32 Å². The van der Waals surface area contributed by atoms with Gasteiger partial charge in [-0.05, 0) is 38.5 Å². The summed E-state index contributed by atoms with van der Waals surface area (Å²) in [5.41, 5.74) is 0. The van der Waals surface area contributed by atoms with Crippen LogP contribution in [0.1, 0.15) is 386 Å². The van der Waals surface area contributed by atoms with Gasteiger partial charge in [0, 0.05) is 0 Å². The van der Waals surface area contributed by atoms with Gasteiger partial charge < -0.3 is 50.5 Å². The summed E-state index contributed by atoms with van der Waals surface area (Å²) in [5, 5.41) is 76.7. The van der Waals surface area contributed by atoms with E-state index in [9.17, 15) is 40.5 Å². The van der Waals surface area contributed by atoms with Gasteiger partial charge in [-0.3, -0.25) is 4.79 Å². The monoisotopic (exact) mass is 1210 g/mol. The Balaban J connectivity index is 2.16. The Morgan fingerprint density at radius 1 is 0.400 bits per heavy atom. The van der Waals surface area contributed by atoms with E-state index < -0.39 is 74.2 Å². The summed E-state index contributed by atoms with van der Waals surface area (Å²) in [6, 6.07) is -1.17. The van der Waals surface area contributed by atoms with Crippen LogP contribution in [0.2, 0.25) is 0 Å². The molecule has 0 aromatic rings. The van der Waals surface area contributed by atoms with Crippen molar-refractivity contribution in [2.45, 2.75) is 441 Å². The zero-order chi connectivity index (χ0) is 61.7. The van der Waals surface area contributed by atoms with Crippen LogP contribution >= 0.6 is 0 Å². The number of aliphatic hydroxyl groups is 7. The second-order valence-electron chi connectivity index (χ2n) is 26.7. The average molecular weight is 1210 g/mol. The molecule has 0 aliphatic carbocycles. The molecule has 0 saturated carbocycles. The normalized spacial score (nSPS) is 18.8. The van der Waals surface area contributed by atoms with Crippen molar-refractivity contribution in [2.75, 3.05) is 13.2 Å². The number of hydrogen-bond donors (Lipinski definition) is 8. The second-order valence-corrected chi connectivity index (χ2v) is 26.7. The molecule has 0 spiro atoms. The van der Waals surface area contributed by atoms with E-state index in [4.69, 9.17) is 9.47 Å². The maximum atomic E-state index is 13.3. The van der Waals surface area contributed by atoms with E-state index in [1.807, 2.05) is 0 Å². The van der Waals surface area contributed by atoms with Gasteiger partial charge in [0.15, 0.2) is 6.29 Å². The van der Waals surface area contributed by atoms with E-state index in [0.29, 0.717) is 19.3 Å². The smallest absolute Gasteiger partial charge is 0.249 e. The zero-order valence-electron chi connectivity index (χ0n) is 56.1. The summed E-state index contributed by atoms with van der Waals surface area (Å²) in [6.45, 7) is 3.53. The third-order valence-electron chi connectivity index (χ3n) is 18.6. The lowest BCUT2D eigenvalue weighted by Crippen LogP contribution is -2.60. The number of aliphatic hydroxyl groups excluding tert-OH is 7. The predicted octanol–water partition coefficient (Wildman–Crippen LogP) is 18.6. The van der Waals surface area contributed by atoms with Crippen LogP contribution in [0.4, 0.5) is 0 Å². The first kappa shape index (κ1) is 81.9. The molecule has 506 valence electrons. The number of carbonyl (C=O) groups excluding carboxylic acids is 1. The van der Waals surface area contributed by atoms with Gasteiger partial charge >= 0.3 is 0 Å². The highest BCUT2D eigenvalue weighted by Gasteiger charge is 2.44. The molecule has 11 heteroatoms. The van der Waals surface area contributed by atoms with Crippen LogP contribution in [0.25, 0.3) is 0 Å². The number of ether oxygens (including phenoxy) is 2. The SMILES string of the molecule is CCCCCCCCCCCCCC/C=C\CCCCCCCCCCCCCCC(O)C(=O)NC(COC1OC(CO)C(O)C(O)C1O)C(O)C(O)CCCCCCCCCCCCCCCCCCCCCCCCCCCCCCCC. The zero-order valence-corrected chi connectivity index (χ0v) is 56.1. The third kappa shape index (κ3) is 50.2. The van der Waals surface area contributed by atoms with Gasteiger partial charge in [0.25, 0.3) is 0 Å². The van der Waals surface area contributed by atoms with Crippen LogP contribution in [0.3, 0.4) is 0 Å². The number of unbranched alkanes of at least 4 members (excludes halogenated alkanes) is 53. The number of nitrogens with one attached hydrogen (secondary N) is 1. The summed E-state index contributed by atoms with van der Waals surface area (Å²) < 4.78 is 11.2. The maximum Gasteiger partial charge on any atom is 0.249 e. The molecule has 1 rings (SSSR count). The van der Waals surface area contributed by atoms with E-state index in [0.717, 1.165) is 38.5 Å². The van der Waals surface area contributed by atoms with Crippen LogP contribution in [0, 0.1) is 0 Å². The molecule has 1 aliphatic rings. The molecule has 0 bridgehead atoms. The third-order valence-corrected chi connectivity index (χ3v) is 18.6. The van der Waals surface area contributed by atoms with Crippen molar-refractivity contribution in [1.82, 2.24) is 5.32 Å². The van der Waals surface area contributed by atoms with Crippen LogP contribution in [0.5, 0.6) is 0 Å². The summed E-state index contributed by atoms with van der Waals surface area (Å²) in [4.78, 5) is 13.3. The largest absolute Gasteiger partial charge is 0.394 e. The molecule has 1 heterocycles. The van der Waals surface area contributed by atoms with E-state index >= 15 is 0 Å². The average Bonchev–Trinajstić information content (AvgIpc) is 3.70. The van der Waals surface area contributed by atoms with Crippen molar-refractivity contribution < 1.29 is 50.0 Å². The Labute approximate surface area is 525 Å². The minimum Gasteiger partial charge on any atom is -0.394 e. The van der Waals surface area contributed by atoms with Crippen molar-refractivity contribution in [1.29, 1.82) is 0 Å². The van der Waals surface area contributed by atoms with Crippen molar-refractivity contribution >= 4 is 5.91 Å². The first-order valence-corrected chi connectivity index (χ1v) is 37.6. The molecule has 0 aromatic carbocycles. The van der Waals surface area contributed by atoms with Crippen LogP contribution in [-0.2, 0) is 14.3 Å². The highest BCUT2D eigenvalue weighted by molar-refractivity contribution is 5.80. The molecular formula is C74H145NO10. The summed E-state index contributed by atoms with van der Waals surface area (Å²) in [5.74, 6) is -0.689. The Morgan fingerprint density at radius 3 is 0.988 bits per heavy atom. The Morgan fingerprint density at radius 2 is 0.682 bits per heavy atom. The number of carbonyl (C=O) groups is 1. The Bertz CT molecular complexity index is 1390. The molecule has 85 heavy (non-hydrogen) atoms. The fourth-order valence-corrected chi connectivity index (χ4v) is 12.6. The van der Waals surface area contributed by atoms with Gasteiger partial charge in [0.1, 0.15) is 36.6 Å². The highest BCUT2D eigenvalue weighted by atomic mass is 16.7. The molecule has 1 aliphatic heterocycles. The first-order chi connectivity index (χ1) is 41.7. The topological polar surface area (TPSA) is 189 Å². The summed E-state index contributed by atoms with van der Waals surface area (Å²) in [7, 11) is 0. The van der Waals surface area contributed by atoms with Gasteiger partial charge in [0.05, 0.1) is 25.4 Å². The van der Waals surface area contributed by atoms with Crippen LogP contribution in [0.15, 0.2) is 12.2 Å². The summed E-state index contributed by atoms with van der Waals surface area (Å²) >= 11 is 0. The van der Waals surface area contributed by atoms with Crippen molar-refractivity contribution in [3.05, 3.63) is 12.2 Å². The van der Waals surface area contributed by atoms with Crippen molar-refractivity contribution in [3.8, 4) is 0 Å². The van der Waals surface area contributed by atoms with Crippen molar-refractivity contribution in [2.24, 2.45) is 0 Å². The maximum absolute atomic E-state index is 13.3. The highest BCUT2D eigenvalue weighted by Crippen LogP contribution is 2.24. The number of rotatable bonds is 67. The molecule has 9 unspecified atom stereocenters. The van der Waals surface area contributed by atoms with E-state index in [1.54, 1.807) is 0 Å². The molecule has 8 N–H and O–H groups in total. The quantitative estimate of drug-likeness (QED) is 0.0215. The fraction of sp³-hybridized carbons (Fsp3) is 0.959. The van der Waals surface area contributed by atoms with E-state index in [-0.39, 0.29) is 6.42 Å². The van der Waals surface area contributed by atoms with Gasteiger partial charge in [-0.15, -0.1) is 0 Å². The molecule has 1 saturated heterocycles. The standard InChI is InChI=1S/C74H145NO10/c1-3-5-7-9-11-13-15-17-19-21-23-25-27-29-31-33-34-36-37-39-41-43-45-47-49-51-53-55-57-59-61-66(77)69(79)65(64-84-74-72(82)71(81)70(80)68(63-76)85-74)75-73(83)67(78)62-60-58-56-54-52-50-48-46-44-42-40-38-35-32-30-28-26-24-22-20-18-16-14-12-10-8-6-4-2/h30,32,65-72,74,76-82H,3-29,31,33-64H2,1-2H3,(H,75,83)/b32-30-. The fourth-order valence-electron chi connectivity index (χ4n) is 12.6. The molecule has 0 radical (unpaired) electrons.